The lowest BCUT2D eigenvalue weighted by atomic mass is 10.1. The number of hydrogen-bond donors (Lipinski definition) is 2. The zero-order valence-corrected chi connectivity index (χ0v) is 13.8. The summed E-state index contributed by atoms with van der Waals surface area (Å²) in [4.78, 5) is 23.8. The van der Waals surface area contributed by atoms with Crippen molar-refractivity contribution in [2.45, 2.75) is 51.0 Å². The van der Waals surface area contributed by atoms with E-state index in [0.29, 0.717) is 15.7 Å². The van der Waals surface area contributed by atoms with Gasteiger partial charge >= 0.3 is 0 Å². The van der Waals surface area contributed by atoms with Crippen molar-refractivity contribution in [2.75, 3.05) is 5.32 Å². The highest BCUT2D eigenvalue weighted by atomic mass is 35.5. The molecule has 0 radical (unpaired) electrons. The van der Waals surface area contributed by atoms with E-state index in [4.69, 9.17) is 23.2 Å². The highest BCUT2D eigenvalue weighted by Crippen LogP contribution is 2.25. The van der Waals surface area contributed by atoms with E-state index in [1.54, 1.807) is 18.2 Å². The molecule has 0 aliphatic heterocycles. The number of anilines is 1. The van der Waals surface area contributed by atoms with Crippen molar-refractivity contribution < 1.29 is 9.59 Å². The van der Waals surface area contributed by atoms with Crippen molar-refractivity contribution in [3.05, 3.63) is 28.2 Å². The predicted molar refractivity (Wildman–Crippen MR) is 89.3 cm³/mol. The summed E-state index contributed by atoms with van der Waals surface area (Å²) in [6, 6.07) is 5.01. The number of halogens is 2. The van der Waals surface area contributed by atoms with Crippen molar-refractivity contribution in [1.82, 2.24) is 5.32 Å². The van der Waals surface area contributed by atoms with Crippen LogP contribution in [0.4, 0.5) is 5.69 Å². The molecular weight excluding hydrogens is 323 g/mol. The van der Waals surface area contributed by atoms with Gasteiger partial charge in [0.25, 0.3) is 0 Å². The summed E-state index contributed by atoms with van der Waals surface area (Å²) in [5.41, 5.74) is 0.529. The minimum absolute atomic E-state index is 0.184. The van der Waals surface area contributed by atoms with Crippen LogP contribution >= 0.6 is 23.2 Å². The van der Waals surface area contributed by atoms with Crippen LogP contribution in [0.25, 0.3) is 0 Å². The van der Waals surface area contributed by atoms with Crippen LogP contribution in [-0.4, -0.2) is 17.9 Å². The molecule has 1 saturated carbocycles. The standard InChI is InChI=1S/C16H20Cl2N2O2/c17-13-8-7-12(9-14(13)18)20-16(22)10-15(21)19-11-5-3-1-2-4-6-11/h7-9,11H,1-6,10H2,(H,19,21)(H,20,22). The molecular formula is C16H20Cl2N2O2. The van der Waals surface area contributed by atoms with Crippen LogP contribution in [0.5, 0.6) is 0 Å². The van der Waals surface area contributed by atoms with Crippen LogP contribution in [0.3, 0.4) is 0 Å². The van der Waals surface area contributed by atoms with E-state index in [0.717, 1.165) is 25.7 Å². The Morgan fingerprint density at radius 3 is 2.32 bits per heavy atom. The highest BCUT2D eigenvalue weighted by molar-refractivity contribution is 6.42. The number of benzene rings is 1. The number of carbonyl (C=O) groups is 2. The molecule has 2 amide bonds. The van der Waals surface area contributed by atoms with Gasteiger partial charge in [-0.15, -0.1) is 0 Å². The second-order valence-electron chi connectivity index (χ2n) is 5.61. The molecule has 0 bridgehead atoms. The monoisotopic (exact) mass is 342 g/mol. The number of nitrogens with one attached hydrogen (secondary N) is 2. The first kappa shape index (κ1) is 17.1. The van der Waals surface area contributed by atoms with Crippen molar-refractivity contribution >= 4 is 40.7 Å². The minimum Gasteiger partial charge on any atom is -0.353 e. The third kappa shape index (κ3) is 5.50. The quantitative estimate of drug-likeness (QED) is 0.637. The first-order chi connectivity index (χ1) is 10.5. The fourth-order valence-electron chi connectivity index (χ4n) is 2.63. The lowest BCUT2D eigenvalue weighted by molar-refractivity contribution is -0.127. The van der Waals surface area contributed by atoms with E-state index in [1.807, 2.05) is 0 Å². The van der Waals surface area contributed by atoms with Crippen LogP contribution in [-0.2, 0) is 9.59 Å². The summed E-state index contributed by atoms with van der Waals surface area (Å²) in [5.74, 6) is -0.589. The van der Waals surface area contributed by atoms with Crippen molar-refractivity contribution in [1.29, 1.82) is 0 Å². The van der Waals surface area contributed by atoms with Crippen molar-refractivity contribution in [3.8, 4) is 0 Å². The summed E-state index contributed by atoms with van der Waals surface area (Å²) >= 11 is 11.7. The van der Waals surface area contributed by atoms with Gasteiger partial charge in [-0.3, -0.25) is 9.59 Å². The molecule has 0 aromatic heterocycles. The molecule has 1 aromatic carbocycles. The Morgan fingerprint density at radius 1 is 1.00 bits per heavy atom. The maximum atomic E-state index is 11.9. The molecule has 2 rings (SSSR count). The second-order valence-corrected chi connectivity index (χ2v) is 6.42. The van der Waals surface area contributed by atoms with E-state index in [1.165, 1.54) is 12.8 Å². The van der Waals surface area contributed by atoms with Crippen LogP contribution < -0.4 is 10.6 Å². The van der Waals surface area contributed by atoms with Gasteiger partial charge in [0.15, 0.2) is 0 Å². The molecule has 2 N–H and O–H groups in total. The van der Waals surface area contributed by atoms with E-state index in [2.05, 4.69) is 10.6 Å². The zero-order chi connectivity index (χ0) is 15.9. The molecule has 6 heteroatoms. The fraction of sp³-hybridized carbons (Fsp3) is 0.500. The third-order valence-electron chi connectivity index (χ3n) is 3.74. The summed E-state index contributed by atoms with van der Waals surface area (Å²) in [7, 11) is 0. The Labute approximate surface area is 140 Å². The van der Waals surface area contributed by atoms with Gasteiger partial charge in [-0.2, -0.15) is 0 Å². The minimum atomic E-state index is -0.357. The van der Waals surface area contributed by atoms with Gasteiger partial charge in [0, 0.05) is 11.7 Å². The van der Waals surface area contributed by atoms with Crippen LogP contribution in [0.1, 0.15) is 44.9 Å². The molecule has 1 fully saturated rings. The van der Waals surface area contributed by atoms with Crippen LogP contribution in [0.2, 0.25) is 10.0 Å². The van der Waals surface area contributed by atoms with Crippen LogP contribution in [0, 0.1) is 0 Å². The van der Waals surface area contributed by atoms with Gasteiger partial charge in [0.05, 0.1) is 10.0 Å². The van der Waals surface area contributed by atoms with E-state index < -0.39 is 0 Å². The molecule has 1 aliphatic rings. The maximum Gasteiger partial charge on any atom is 0.233 e. The predicted octanol–water partition coefficient (Wildman–Crippen LogP) is 4.16. The van der Waals surface area contributed by atoms with Gasteiger partial charge in [-0.25, -0.2) is 0 Å². The van der Waals surface area contributed by atoms with Crippen LogP contribution in [0.15, 0.2) is 18.2 Å². The molecule has 1 aliphatic carbocycles. The molecule has 120 valence electrons. The summed E-state index contributed by atoms with van der Waals surface area (Å²) in [5, 5.41) is 6.38. The van der Waals surface area contributed by atoms with E-state index in [9.17, 15) is 9.59 Å². The normalized spacial score (nSPS) is 15.9. The average molecular weight is 343 g/mol. The molecule has 0 spiro atoms. The van der Waals surface area contributed by atoms with E-state index in [-0.39, 0.29) is 24.3 Å². The van der Waals surface area contributed by atoms with Crippen molar-refractivity contribution in [3.63, 3.8) is 0 Å². The Kier molecular flexibility index (Phi) is 6.52. The average Bonchev–Trinajstić information content (AvgIpc) is 2.71. The molecule has 0 saturated heterocycles. The number of rotatable bonds is 4. The molecule has 0 heterocycles. The Bertz CT molecular complexity index is 541. The first-order valence-corrected chi connectivity index (χ1v) is 8.34. The number of carbonyl (C=O) groups excluding carboxylic acids is 2. The van der Waals surface area contributed by atoms with E-state index >= 15 is 0 Å². The molecule has 1 aromatic rings. The lowest BCUT2D eigenvalue weighted by Crippen LogP contribution is -2.36. The summed E-state index contributed by atoms with van der Waals surface area (Å²) in [6.07, 6.45) is 6.55. The van der Waals surface area contributed by atoms with Gasteiger partial charge in [0.1, 0.15) is 6.42 Å². The Balaban J connectivity index is 1.80. The second kappa shape index (κ2) is 8.39. The molecule has 0 unspecified atom stereocenters. The molecule has 22 heavy (non-hydrogen) atoms. The SMILES string of the molecule is O=C(CC(=O)NC1CCCCCC1)Nc1ccc(Cl)c(Cl)c1. The Hall–Kier alpha value is -1.26. The van der Waals surface area contributed by atoms with Gasteiger partial charge < -0.3 is 10.6 Å². The first-order valence-electron chi connectivity index (χ1n) is 7.59. The smallest absolute Gasteiger partial charge is 0.233 e. The van der Waals surface area contributed by atoms with Gasteiger partial charge in [-0.05, 0) is 31.0 Å². The zero-order valence-electron chi connectivity index (χ0n) is 12.3. The number of amides is 2. The molecule has 0 atom stereocenters. The topological polar surface area (TPSA) is 58.2 Å². The van der Waals surface area contributed by atoms with Gasteiger partial charge in [-0.1, -0.05) is 48.9 Å². The Morgan fingerprint density at radius 2 is 1.68 bits per heavy atom. The lowest BCUT2D eigenvalue weighted by Gasteiger charge is -2.16. The third-order valence-corrected chi connectivity index (χ3v) is 4.48. The number of hydrogen-bond acceptors (Lipinski definition) is 2. The fourth-order valence-corrected chi connectivity index (χ4v) is 2.93. The van der Waals surface area contributed by atoms with Gasteiger partial charge in [0.2, 0.25) is 11.8 Å². The molecule has 4 nitrogen and oxygen atoms in total. The maximum absolute atomic E-state index is 11.9. The van der Waals surface area contributed by atoms with Crippen molar-refractivity contribution in [2.24, 2.45) is 0 Å². The summed E-state index contributed by atoms with van der Waals surface area (Å²) < 4.78 is 0. The largest absolute Gasteiger partial charge is 0.353 e. The highest BCUT2D eigenvalue weighted by Gasteiger charge is 2.17. The summed E-state index contributed by atoms with van der Waals surface area (Å²) in [6.45, 7) is 0.